The number of hydrogen-bond donors (Lipinski definition) is 1. The van der Waals surface area contributed by atoms with Gasteiger partial charge < -0.3 is 5.11 Å². The summed E-state index contributed by atoms with van der Waals surface area (Å²) in [6, 6.07) is 8.51. The van der Waals surface area contributed by atoms with Crippen LogP contribution in [0.4, 0.5) is 0 Å². The molecule has 0 aliphatic heterocycles. The fourth-order valence-corrected chi connectivity index (χ4v) is 3.81. The summed E-state index contributed by atoms with van der Waals surface area (Å²) in [6.45, 7) is 0. The molecule has 6 nitrogen and oxygen atoms in total. The highest BCUT2D eigenvalue weighted by molar-refractivity contribution is 7.89. The Morgan fingerprint density at radius 3 is 2.73 bits per heavy atom. The Balaban J connectivity index is 2.09. The van der Waals surface area contributed by atoms with Gasteiger partial charge in [0.1, 0.15) is 16.2 Å². The van der Waals surface area contributed by atoms with Crippen LogP contribution in [0, 0.1) is 0 Å². The molecule has 114 valence electrons. The molecule has 0 saturated heterocycles. The summed E-state index contributed by atoms with van der Waals surface area (Å²) < 4.78 is 24.6. The molecule has 0 radical (unpaired) electrons. The largest absolute Gasteiger partial charge is 0.477 e. The van der Waals surface area contributed by atoms with E-state index in [4.69, 9.17) is 5.11 Å². The van der Waals surface area contributed by atoms with Crippen molar-refractivity contribution in [2.75, 3.05) is 6.26 Å². The lowest BCUT2D eigenvalue weighted by molar-refractivity contribution is 0.0702. The van der Waals surface area contributed by atoms with Crippen LogP contribution in [0.15, 0.2) is 36.7 Å². The fourth-order valence-electron chi connectivity index (χ4n) is 2.19. The van der Waals surface area contributed by atoms with Crippen molar-refractivity contribution >= 4 is 38.2 Å². The van der Waals surface area contributed by atoms with Gasteiger partial charge in [0, 0.05) is 6.26 Å². The molecule has 2 aromatic heterocycles. The molecule has 0 fully saturated rings. The summed E-state index contributed by atoms with van der Waals surface area (Å²) in [7, 11) is -3.12. The maximum Gasteiger partial charge on any atom is 0.345 e. The van der Waals surface area contributed by atoms with Crippen LogP contribution in [0.2, 0.25) is 0 Å². The molecule has 0 saturated carbocycles. The van der Waals surface area contributed by atoms with Gasteiger partial charge >= 0.3 is 5.97 Å². The first-order chi connectivity index (χ1) is 10.3. The summed E-state index contributed by atoms with van der Waals surface area (Å²) in [5.74, 6) is -1.02. The Bertz CT molecular complexity index is 970. The molecule has 0 aliphatic carbocycles. The molecule has 0 unspecified atom stereocenters. The Labute approximate surface area is 130 Å². The van der Waals surface area contributed by atoms with Crippen LogP contribution in [-0.2, 0) is 15.6 Å². The molecule has 3 rings (SSSR count). The van der Waals surface area contributed by atoms with Crippen molar-refractivity contribution in [2.24, 2.45) is 0 Å². The van der Waals surface area contributed by atoms with E-state index in [1.54, 1.807) is 35.2 Å². The lowest BCUT2D eigenvalue weighted by Gasteiger charge is -2.03. The maximum atomic E-state index is 11.4. The number of nitrogens with zero attached hydrogens (tertiary/aromatic N) is 2. The third kappa shape index (κ3) is 2.88. The first kappa shape index (κ1) is 14.7. The summed E-state index contributed by atoms with van der Waals surface area (Å²) in [4.78, 5) is 15.5. The van der Waals surface area contributed by atoms with Crippen molar-refractivity contribution in [3.63, 3.8) is 0 Å². The topological polar surface area (TPSA) is 89.3 Å². The number of carboxylic acids is 1. The quantitative estimate of drug-likeness (QED) is 0.790. The second-order valence-electron chi connectivity index (χ2n) is 4.95. The molecule has 1 N–H and O–H groups in total. The van der Waals surface area contributed by atoms with Crippen LogP contribution in [0.25, 0.3) is 16.0 Å². The monoisotopic (exact) mass is 336 g/mol. The predicted octanol–water partition coefficient (Wildman–Crippen LogP) is 2.33. The van der Waals surface area contributed by atoms with E-state index in [1.165, 1.54) is 12.3 Å². The highest BCUT2D eigenvalue weighted by atomic mass is 32.2. The number of aromatic nitrogens is 2. The summed E-state index contributed by atoms with van der Waals surface area (Å²) >= 11 is 1.14. The van der Waals surface area contributed by atoms with Crippen LogP contribution in [0.5, 0.6) is 0 Å². The minimum atomic E-state index is -3.12. The van der Waals surface area contributed by atoms with Crippen molar-refractivity contribution in [1.29, 1.82) is 0 Å². The first-order valence-electron chi connectivity index (χ1n) is 6.31. The summed E-state index contributed by atoms with van der Waals surface area (Å²) in [5.41, 5.74) is 2.15. The second-order valence-corrected chi connectivity index (χ2v) is 8.15. The van der Waals surface area contributed by atoms with E-state index in [0.717, 1.165) is 27.4 Å². The smallest absolute Gasteiger partial charge is 0.345 e. The average Bonchev–Trinajstić information content (AvgIpc) is 3.01. The molecule has 0 spiro atoms. The zero-order chi connectivity index (χ0) is 15.9. The van der Waals surface area contributed by atoms with Gasteiger partial charge in [-0.05, 0) is 29.8 Å². The number of sulfone groups is 1. The summed E-state index contributed by atoms with van der Waals surface area (Å²) in [6.07, 6.45) is 2.79. The molecular weight excluding hydrogens is 324 g/mol. The molecule has 0 atom stereocenters. The molecular formula is C14H12N2O4S2. The number of carbonyl (C=O) groups is 1. The van der Waals surface area contributed by atoms with Gasteiger partial charge in [0.15, 0.2) is 9.84 Å². The number of thiophene rings is 1. The fraction of sp³-hybridized carbons (Fsp3) is 0.143. The number of carboxylic acid groups (broad SMARTS) is 1. The number of hydrogen-bond acceptors (Lipinski definition) is 5. The Kier molecular flexibility index (Phi) is 3.50. The Morgan fingerprint density at radius 1 is 1.32 bits per heavy atom. The zero-order valence-electron chi connectivity index (χ0n) is 11.6. The van der Waals surface area contributed by atoms with Crippen molar-refractivity contribution < 1.29 is 18.3 Å². The molecule has 8 heteroatoms. The molecule has 1 aromatic carbocycles. The van der Waals surface area contributed by atoms with Crippen LogP contribution < -0.4 is 0 Å². The van der Waals surface area contributed by atoms with Gasteiger partial charge in [-0.1, -0.05) is 6.07 Å². The van der Waals surface area contributed by atoms with Crippen LogP contribution in [0.3, 0.4) is 0 Å². The number of imidazole rings is 1. The highest BCUT2D eigenvalue weighted by Gasteiger charge is 2.12. The third-order valence-electron chi connectivity index (χ3n) is 3.08. The first-order valence-corrected chi connectivity index (χ1v) is 9.18. The van der Waals surface area contributed by atoms with Crippen LogP contribution in [-0.4, -0.2) is 35.3 Å². The van der Waals surface area contributed by atoms with E-state index in [9.17, 15) is 13.2 Å². The van der Waals surface area contributed by atoms with E-state index < -0.39 is 15.8 Å². The standard InChI is InChI=1S/C14H12N2O4S2/c1-22(19,20)7-9-2-3-10-11(6-9)16(8-15-10)13-5-4-12(21-13)14(17)18/h2-6,8H,7H2,1H3,(H,17,18). The van der Waals surface area contributed by atoms with E-state index in [0.29, 0.717) is 5.56 Å². The van der Waals surface area contributed by atoms with E-state index in [1.807, 2.05) is 0 Å². The average molecular weight is 336 g/mol. The molecule has 0 amide bonds. The van der Waals surface area contributed by atoms with Gasteiger partial charge in [-0.25, -0.2) is 18.2 Å². The minimum Gasteiger partial charge on any atom is -0.477 e. The molecule has 22 heavy (non-hydrogen) atoms. The number of benzene rings is 1. The van der Waals surface area contributed by atoms with Gasteiger partial charge in [0.05, 0.1) is 16.8 Å². The normalized spacial score (nSPS) is 11.9. The van der Waals surface area contributed by atoms with E-state index in [2.05, 4.69) is 4.98 Å². The van der Waals surface area contributed by atoms with Gasteiger partial charge in [-0.3, -0.25) is 4.57 Å². The maximum absolute atomic E-state index is 11.4. The van der Waals surface area contributed by atoms with Gasteiger partial charge in [0.2, 0.25) is 0 Å². The van der Waals surface area contributed by atoms with Crippen LogP contribution in [0.1, 0.15) is 15.2 Å². The lowest BCUT2D eigenvalue weighted by atomic mass is 10.2. The van der Waals surface area contributed by atoms with Crippen LogP contribution >= 0.6 is 11.3 Å². The van der Waals surface area contributed by atoms with E-state index >= 15 is 0 Å². The van der Waals surface area contributed by atoms with Gasteiger partial charge in [-0.2, -0.15) is 0 Å². The van der Waals surface area contributed by atoms with Gasteiger partial charge in [-0.15, -0.1) is 11.3 Å². The highest BCUT2D eigenvalue weighted by Crippen LogP contribution is 2.26. The van der Waals surface area contributed by atoms with Crippen molar-refractivity contribution in [3.05, 3.63) is 47.1 Å². The SMILES string of the molecule is CS(=O)(=O)Cc1ccc2ncn(-c3ccc(C(=O)O)s3)c2c1. The minimum absolute atomic E-state index is 0.0427. The Hall–Kier alpha value is -2.19. The number of fused-ring (bicyclic) bond motifs is 1. The lowest BCUT2D eigenvalue weighted by Crippen LogP contribution is -2.00. The molecule has 0 bridgehead atoms. The molecule has 2 heterocycles. The molecule has 0 aliphatic rings. The Morgan fingerprint density at radius 2 is 2.09 bits per heavy atom. The van der Waals surface area contributed by atoms with Gasteiger partial charge in [0.25, 0.3) is 0 Å². The summed E-state index contributed by atoms with van der Waals surface area (Å²) in [5, 5.41) is 9.72. The zero-order valence-corrected chi connectivity index (χ0v) is 13.2. The number of aromatic carboxylic acids is 1. The predicted molar refractivity (Wildman–Crippen MR) is 84.5 cm³/mol. The second kappa shape index (κ2) is 5.22. The van der Waals surface area contributed by atoms with Crippen molar-refractivity contribution in [3.8, 4) is 5.00 Å². The molecule has 3 aromatic rings. The van der Waals surface area contributed by atoms with Crippen molar-refractivity contribution in [2.45, 2.75) is 5.75 Å². The third-order valence-corrected chi connectivity index (χ3v) is 5.01. The number of rotatable bonds is 4. The van der Waals surface area contributed by atoms with E-state index in [-0.39, 0.29) is 10.6 Å². The van der Waals surface area contributed by atoms with Crippen molar-refractivity contribution in [1.82, 2.24) is 9.55 Å².